The number of carbonyl (C=O) groups excluding carboxylic acids is 1. The van der Waals surface area contributed by atoms with E-state index < -0.39 is 0 Å². The zero-order valence-corrected chi connectivity index (χ0v) is 10.1. The van der Waals surface area contributed by atoms with Gasteiger partial charge >= 0.3 is 0 Å². The van der Waals surface area contributed by atoms with E-state index in [4.69, 9.17) is 4.74 Å². The normalized spacial score (nSPS) is 18.1. The van der Waals surface area contributed by atoms with Crippen molar-refractivity contribution in [2.75, 3.05) is 20.3 Å². The summed E-state index contributed by atoms with van der Waals surface area (Å²) in [6.45, 7) is 2.44. The summed E-state index contributed by atoms with van der Waals surface area (Å²) in [6.07, 6.45) is 3.43. The van der Waals surface area contributed by atoms with Crippen LogP contribution in [0.5, 0.6) is 0 Å². The van der Waals surface area contributed by atoms with E-state index in [1.807, 2.05) is 4.90 Å². The fourth-order valence-corrected chi connectivity index (χ4v) is 2.78. The van der Waals surface area contributed by atoms with E-state index in [-0.39, 0.29) is 12.5 Å². The minimum Gasteiger partial charge on any atom is -0.375 e. The van der Waals surface area contributed by atoms with Gasteiger partial charge in [0.15, 0.2) is 0 Å². The topological polar surface area (TPSA) is 47.4 Å². The van der Waals surface area contributed by atoms with Gasteiger partial charge in [-0.1, -0.05) is 0 Å². The summed E-state index contributed by atoms with van der Waals surface area (Å²) >= 11 is 0. The molecular formula is C12H17N3O2. The number of nitrogens with zero attached hydrogens (tertiary/aromatic N) is 3. The Labute approximate surface area is 100 Å². The first-order valence-electron chi connectivity index (χ1n) is 6.13. The zero-order chi connectivity index (χ0) is 11.8. The molecule has 0 atom stereocenters. The molecule has 1 aromatic rings. The van der Waals surface area contributed by atoms with Crippen molar-refractivity contribution in [3.05, 3.63) is 17.0 Å². The second kappa shape index (κ2) is 4.14. The maximum absolute atomic E-state index is 11.8. The average molecular weight is 235 g/mol. The molecule has 1 aliphatic carbocycles. The van der Waals surface area contributed by atoms with Crippen molar-refractivity contribution in [1.82, 2.24) is 14.7 Å². The van der Waals surface area contributed by atoms with Crippen LogP contribution in [0.1, 0.15) is 23.4 Å². The fraction of sp³-hybridized carbons (Fsp3) is 0.667. The molecule has 5 nitrogen and oxygen atoms in total. The van der Waals surface area contributed by atoms with Gasteiger partial charge in [0.05, 0.1) is 24.5 Å². The van der Waals surface area contributed by atoms with E-state index in [0.29, 0.717) is 6.54 Å². The van der Waals surface area contributed by atoms with Crippen LogP contribution >= 0.6 is 0 Å². The minimum atomic E-state index is 0.0756. The molecule has 0 fully saturated rings. The third-order valence-corrected chi connectivity index (χ3v) is 3.63. The van der Waals surface area contributed by atoms with Gasteiger partial charge in [0.2, 0.25) is 5.91 Å². The van der Waals surface area contributed by atoms with Crippen LogP contribution in [0.25, 0.3) is 0 Å². The van der Waals surface area contributed by atoms with Gasteiger partial charge < -0.3 is 9.64 Å². The summed E-state index contributed by atoms with van der Waals surface area (Å²) in [5.74, 6) is 0.0756. The number of aromatic nitrogens is 2. The van der Waals surface area contributed by atoms with Crippen molar-refractivity contribution in [3.8, 4) is 0 Å². The van der Waals surface area contributed by atoms with Gasteiger partial charge in [0, 0.05) is 13.7 Å². The van der Waals surface area contributed by atoms with E-state index in [0.717, 1.165) is 25.9 Å². The molecule has 0 bridgehead atoms. The Hall–Kier alpha value is -1.36. The number of aryl methyl sites for hydroxylation is 1. The molecule has 3 rings (SSSR count). The lowest BCUT2D eigenvalue weighted by molar-refractivity contribution is -0.136. The van der Waals surface area contributed by atoms with Crippen molar-refractivity contribution in [2.45, 2.75) is 32.4 Å². The van der Waals surface area contributed by atoms with Crippen molar-refractivity contribution in [2.24, 2.45) is 0 Å². The number of carbonyl (C=O) groups is 1. The van der Waals surface area contributed by atoms with Crippen molar-refractivity contribution < 1.29 is 9.53 Å². The average Bonchev–Trinajstić information content (AvgIpc) is 2.88. The molecule has 1 amide bonds. The molecule has 0 aromatic carbocycles. The molecule has 0 saturated carbocycles. The second-order valence-corrected chi connectivity index (χ2v) is 4.70. The number of hydrogen-bond donors (Lipinski definition) is 0. The lowest BCUT2D eigenvalue weighted by Gasteiger charge is -2.28. The maximum atomic E-state index is 11.8. The first-order valence-corrected chi connectivity index (χ1v) is 6.13. The molecule has 0 unspecified atom stereocenters. The highest BCUT2D eigenvalue weighted by atomic mass is 16.5. The van der Waals surface area contributed by atoms with Crippen LogP contribution in [-0.4, -0.2) is 40.8 Å². The number of ether oxygens (including phenoxy) is 1. The predicted octanol–water partition coefficient (Wildman–Crippen LogP) is 0.360. The molecule has 92 valence electrons. The molecule has 0 N–H and O–H groups in total. The van der Waals surface area contributed by atoms with E-state index in [2.05, 4.69) is 9.78 Å². The highest BCUT2D eigenvalue weighted by Gasteiger charge is 2.28. The third-order valence-electron chi connectivity index (χ3n) is 3.63. The van der Waals surface area contributed by atoms with Crippen molar-refractivity contribution in [3.63, 3.8) is 0 Å². The molecule has 2 aliphatic rings. The van der Waals surface area contributed by atoms with Crippen molar-refractivity contribution >= 4 is 5.91 Å². The summed E-state index contributed by atoms with van der Waals surface area (Å²) in [6, 6.07) is 0. The van der Waals surface area contributed by atoms with Crippen LogP contribution in [0, 0.1) is 0 Å². The maximum Gasteiger partial charge on any atom is 0.248 e. The molecule has 5 heteroatoms. The van der Waals surface area contributed by atoms with Gasteiger partial charge in [-0.25, -0.2) is 0 Å². The number of methoxy groups -OCH3 is 1. The summed E-state index contributed by atoms with van der Waals surface area (Å²) < 4.78 is 6.99. The third kappa shape index (κ3) is 1.74. The van der Waals surface area contributed by atoms with Crippen LogP contribution in [-0.2, 0) is 35.5 Å². The van der Waals surface area contributed by atoms with Gasteiger partial charge in [0.1, 0.15) is 6.61 Å². The Morgan fingerprint density at radius 1 is 1.41 bits per heavy atom. The highest BCUT2D eigenvalue weighted by molar-refractivity contribution is 5.77. The van der Waals surface area contributed by atoms with Crippen LogP contribution < -0.4 is 0 Å². The monoisotopic (exact) mass is 235 g/mol. The molecule has 1 aromatic heterocycles. The van der Waals surface area contributed by atoms with Crippen LogP contribution in [0.4, 0.5) is 0 Å². The summed E-state index contributed by atoms with van der Waals surface area (Å²) in [5.41, 5.74) is 3.88. The Kier molecular flexibility index (Phi) is 2.63. The second-order valence-electron chi connectivity index (χ2n) is 4.70. The van der Waals surface area contributed by atoms with Gasteiger partial charge in [-0.05, 0) is 24.8 Å². The quantitative estimate of drug-likeness (QED) is 0.743. The highest BCUT2D eigenvalue weighted by Crippen LogP contribution is 2.27. The molecule has 0 spiro atoms. The molecule has 0 radical (unpaired) electrons. The van der Waals surface area contributed by atoms with E-state index >= 15 is 0 Å². The van der Waals surface area contributed by atoms with E-state index in [1.54, 1.807) is 7.11 Å². The summed E-state index contributed by atoms with van der Waals surface area (Å²) in [4.78, 5) is 13.7. The lowest BCUT2D eigenvalue weighted by atomic mass is 10.1. The van der Waals surface area contributed by atoms with Gasteiger partial charge in [-0.15, -0.1) is 0 Å². The van der Waals surface area contributed by atoms with Crippen LogP contribution in [0.2, 0.25) is 0 Å². The van der Waals surface area contributed by atoms with Crippen LogP contribution in [0.3, 0.4) is 0 Å². The van der Waals surface area contributed by atoms with E-state index in [9.17, 15) is 4.79 Å². The number of rotatable bonds is 2. The largest absolute Gasteiger partial charge is 0.375 e. The molecule has 17 heavy (non-hydrogen) atoms. The Morgan fingerprint density at radius 2 is 2.29 bits per heavy atom. The predicted molar refractivity (Wildman–Crippen MR) is 61.5 cm³/mol. The fourth-order valence-electron chi connectivity index (χ4n) is 2.78. The molecule has 0 saturated heterocycles. The van der Waals surface area contributed by atoms with Gasteiger partial charge in [0.25, 0.3) is 0 Å². The van der Waals surface area contributed by atoms with E-state index in [1.165, 1.54) is 23.4 Å². The number of hydrogen-bond acceptors (Lipinski definition) is 3. The number of amides is 1. The standard InChI is InChI=1S/C12H17N3O2/c1-17-8-12(16)14-5-6-15-11(7-14)9-3-2-4-10(9)13-15/h2-8H2,1H3. The molecule has 1 aliphatic heterocycles. The minimum absolute atomic E-state index is 0.0756. The zero-order valence-electron chi connectivity index (χ0n) is 10.1. The van der Waals surface area contributed by atoms with Crippen LogP contribution in [0.15, 0.2) is 0 Å². The van der Waals surface area contributed by atoms with Gasteiger partial charge in [-0.3, -0.25) is 9.48 Å². The Morgan fingerprint density at radius 3 is 3.12 bits per heavy atom. The summed E-state index contributed by atoms with van der Waals surface area (Å²) in [5, 5.41) is 4.62. The molecular weight excluding hydrogens is 218 g/mol. The smallest absolute Gasteiger partial charge is 0.248 e. The lowest BCUT2D eigenvalue weighted by Crippen LogP contribution is -2.40. The Bertz CT molecular complexity index is 453. The summed E-state index contributed by atoms with van der Waals surface area (Å²) in [7, 11) is 1.56. The SMILES string of the molecule is COCC(=O)N1CCn2nc3c(c2C1)CCC3. The van der Waals surface area contributed by atoms with Gasteiger partial charge in [-0.2, -0.15) is 5.10 Å². The number of fused-ring (bicyclic) bond motifs is 3. The first kappa shape index (κ1) is 10.8. The van der Waals surface area contributed by atoms with Crippen molar-refractivity contribution in [1.29, 1.82) is 0 Å². The first-order chi connectivity index (χ1) is 8.29. The Balaban J connectivity index is 1.82. The molecule has 2 heterocycles.